The number of hydrogen-bond acceptors (Lipinski definition) is 5. The summed E-state index contributed by atoms with van der Waals surface area (Å²) in [6, 6.07) is 9.22. The number of urea groups is 1. The Labute approximate surface area is 147 Å². The zero-order valence-corrected chi connectivity index (χ0v) is 15.1. The number of hydrogen-bond donors (Lipinski definition) is 3. The first-order valence-electron chi connectivity index (χ1n) is 8.36. The minimum absolute atomic E-state index is 0.122. The number of amides is 2. The molecule has 0 saturated carbocycles. The molecule has 0 radical (unpaired) electrons. The second-order valence-corrected chi connectivity index (χ2v) is 7.20. The fraction of sp³-hybridized carbons (Fsp3) is 0.500. The molecule has 2 amide bonds. The van der Waals surface area contributed by atoms with Crippen molar-refractivity contribution in [3.05, 3.63) is 36.2 Å². The van der Waals surface area contributed by atoms with Crippen molar-refractivity contribution in [2.45, 2.75) is 39.7 Å². The first-order valence-corrected chi connectivity index (χ1v) is 8.36. The van der Waals surface area contributed by atoms with Gasteiger partial charge < -0.3 is 20.3 Å². The largest absolute Gasteiger partial charge is 0.391 e. The van der Waals surface area contributed by atoms with Crippen molar-refractivity contribution in [3.8, 4) is 11.4 Å². The van der Waals surface area contributed by atoms with Crippen molar-refractivity contribution in [1.82, 2.24) is 20.8 Å². The smallest absolute Gasteiger partial charge is 0.314 e. The lowest BCUT2D eigenvalue weighted by Crippen LogP contribution is -2.44. The number of carbonyl (C=O) groups is 1. The Bertz CT molecular complexity index is 679. The lowest BCUT2D eigenvalue weighted by atomic mass is 9.89. The summed E-state index contributed by atoms with van der Waals surface area (Å²) in [5.74, 6) is 0.873. The third-order valence-electron chi connectivity index (χ3n) is 3.92. The summed E-state index contributed by atoms with van der Waals surface area (Å²) in [7, 11) is 0. The van der Waals surface area contributed by atoms with Gasteiger partial charge in [-0.1, -0.05) is 63.2 Å². The van der Waals surface area contributed by atoms with E-state index < -0.39 is 6.10 Å². The number of aliphatic hydroxyl groups is 1. The normalized spacial score (nSPS) is 14.0. The molecule has 2 rings (SSSR count). The summed E-state index contributed by atoms with van der Waals surface area (Å²) in [6.07, 6.45) is -0.611. The number of aromatic nitrogens is 2. The Morgan fingerprint density at radius 2 is 1.84 bits per heavy atom. The van der Waals surface area contributed by atoms with Crippen LogP contribution in [0.15, 0.2) is 34.9 Å². The second-order valence-electron chi connectivity index (χ2n) is 7.20. The number of nitrogens with one attached hydrogen (secondary N) is 2. The number of carbonyl (C=O) groups excluding carboxylic acids is 1. The highest BCUT2D eigenvalue weighted by Gasteiger charge is 2.22. The fourth-order valence-electron chi connectivity index (χ4n) is 2.03. The van der Waals surface area contributed by atoms with Gasteiger partial charge in [-0.3, -0.25) is 0 Å². The van der Waals surface area contributed by atoms with Gasteiger partial charge in [0, 0.05) is 18.7 Å². The van der Waals surface area contributed by atoms with E-state index in [2.05, 4.69) is 20.8 Å². The van der Waals surface area contributed by atoms with Gasteiger partial charge in [-0.05, 0) is 5.41 Å². The van der Waals surface area contributed by atoms with Gasteiger partial charge in [-0.2, -0.15) is 4.98 Å². The van der Waals surface area contributed by atoms with Crippen molar-refractivity contribution in [3.63, 3.8) is 0 Å². The molecule has 25 heavy (non-hydrogen) atoms. The van der Waals surface area contributed by atoms with Crippen molar-refractivity contribution in [2.24, 2.45) is 5.41 Å². The predicted molar refractivity (Wildman–Crippen MR) is 95.0 cm³/mol. The molecule has 7 nitrogen and oxygen atoms in total. The maximum atomic E-state index is 11.8. The van der Waals surface area contributed by atoms with E-state index in [1.165, 1.54) is 0 Å². The molecule has 0 aliphatic rings. The number of aliphatic hydroxyl groups excluding tert-OH is 1. The van der Waals surface area contributed by atoms with E-state index in [1.807, 2.05) is 58.0 Å². The predicted octanol–water partition coefficient (Wildman–Crippen LogP) is 2.55. The molecule has 0 bridgehead atoms. The van der Waals surface area contributed by atoms with E-state index in [0.29, 0.717) is 18.3 Å². The molecule has 0 spiro atoms. The molecule has 2 aromatic rings. The summed E-state index contributed by atoms with van der Waals surface area (Å²) in [4.78, 5) is 16.2. The Hall–Kier alpha value is -2.41. The summed E-state index contributed by atoms with van der Waals surface area (Å²) < 4.78 is 5.28. The van der Waals surface area contributed by atoms with E-state index >= 15 is 0 Å². The van der Waals surface area contributed by atoms with Crippen LogP contribution in [0.25, 0.3) is 11.4 Å². The third kappa shape index (κ3) is 5.56. The molecule has 0 saturated heterocycles. The quantitative estimate of drug-likeness (QED) is 0.746. The Morgan fingerprint density at radius 1 is 1.20 bits per heavy atom. The van der Waals surface area contributed by atoms with Crippen LogP contribution in [-0.4, -0.2) is 40.5 Å². The highest BCUT2D eigenvalue weighted by Crippen LogP contribution is 2.19. The molecule has 2 atom stereocenters. The zero-order valence-electron chi connectivity index (χ0n) is 15.1. The van der Waals surface area contributed by atoms with Crippen molar-refractivity contribution < 1.29 is 14.4 Å². The van der Waals surface area contributed by atoms with Crippen LogP contribution in [0.3, 0.4) is 0 Å². The molecule has 2 unspecified atom stereocenters. The van der Waals surface area contributed by atoms with Gasteiger partial charge in [-0.15, -0.1) is 0 Å². The van der Waals surface area contributed by atoms with Gasteiger partial charge in [0.25, 0.3) is 0 Å². The Balaban J connectivity index is 1.81. The van der Waals surface area contributed by atoms with Crippen molar-refractivity contribution in [1.29, 1.82) is 0 Å². The summed E-state index contributed by atoms with van der Waals surface area (Å²) in [6.45, 7) is 8.19. The van der Waals surface area contributed by atoms with Gasteiger partial charge in [0.05, 0.1) is 12.0 Å². The number of nitrogens with zero attached hydrogens (tertiary/aromatic N) is 2. The average Bonchev–Trinajstić information content (AvgIpc) is 3.07. The van der Waals surface area contributed by atoms with Gasteiger partial charge in [0.1, 0.15) is 0 Å². The first-order chi connectivity index (χ1) is 11.8. The van der Waals surface area contributed by atoms with Gasteiger partial charge >= 0.3 is 6.03 Å². The van der Waals surface area contributed by atoms with Gasteiger partial charge in [0.2, 0.25) is 11.7 Å². The van der Waals surface area contributed by atoms with Crippen LogP contribution in [0, 0.1) is 5.41 Å². The molecular formula is C18H26N4O3. The summed E-state index contributed by atoms with van der Waals surface area (Å²) in [5, 5.41) is 19.3. The minimum atomic E-state index is -0.611. The molecule has 1 aromatic heterocycles. The van der Waals surface area contributed by atoms with Crippen LogP contribution in [0.1, 0.15) is 39.5 Å². The Morgan fingerprint density at radius 3 is 2.48 bits per heavy atom. The van der Waals surface area contributed by atoms with Crippen molar-refractivity contribution in [2.75, 3.05) is 13.1 Å². The van der Waals surface area contributed by atoms with Crippen LogP contribution in [0.5, 0.6) is 0 Å². The van der Waals surface area contributed by atoms with Crippen LogP contribution in [0.4, 0.5) is 4.79 Å². The van der Waals surface area contributed by atoms with E-state index in [-0.39, 0.29) is 23.9 Å². The van der Waals surface area contributed by atoms with Crippen LogP contribution >= 0.6 is 0 Å². The lowest BCUT2D eigenvalue weighted by molar-refractivity contribution is 0.0650. The summed E-state index contributed by atoms with van der Waals surface area (Å²) in [5.41, 5.74) is 0.601. The maximum Gasteiger partial charge on any atom is 0.314 e. The van der Waals surface area contributed by atoms with Gasteiger partial charge in [0.15, 0.2) is 0 Å². The molecule has 0 aliphatic heterocycles. The molecule has 0 fully saturated rings. The average molecular weight is 346 g/mol. The van der Waals surface area contributed by atoms with E-state index in [4.69, 9.17) is 4.52 Å². The standard InChI is InChI=1S/C18H26N4O3/c1-12(10-19-17(24)20-11-14(23)18(2,3)4)16-21-15(22-25-16)13-8-6-5-7-9-13/h5-9,12,14,23H,10-11H2,1-4H3,(H2,19,20,24). The fourth-order valence-corrected chi connectivity index (χ4v) is 2.03. The van der Waals surface area contributed by atoms with E-state index in [0.717, 1.165) is 5.56 Å². The molecule has 136 valence electrons. The molecule has 1 aromatic carbocycles. The highest BCUT2D eigenvalue weighted by atomic mass is 16.5. The maximum absolute atomic E-state index is 11.8. The SMILES string of the molecule is CC(CNC(=O)NCC(O)C(C)(C)C)c1nc(-c2ccccc2)no1. The number of rotatable bonds is 6. The topological polar surface area (TPSA) is 100 Å². The second kappa shape index (κ2) is 8.11. The van der Waals surface area contributed by atoms with Crippen LogP contribution in [-0.2, 0) is 0 Å². The molecule has 0 aliphatic carbocycles. The highest BCUT2D eigenvalue weighted by molar-refractivity contribution is 5.73. The van der Waals surface area contributed by atoms with Gasteiger partial charge in [-0.25, -0.2) is 4.79 Å². The van der Waals surface area contributed by atoms with E-state index in [9.17, 15) is 9.90 Å². The Kier molecular flexibility index (Phi) is 6.14. The third-order valence-corrected chi connectivity index (χ3v) is 3.92. The van der Waals surface area contributed by atoms with Crippen LogP contribution < -0.4 is 10.6 Å². The zero-order chi connectivity index (χ0) is 18.4. The van der Waals surface area contributed by atoms with E-state index in [1.54, 1.807) is 0 Å². The monoisotopic (exact) mass is 346 g/mol. The number of benzene rings is 1. The minimum Gasteiger partial charge on any atom is -0.391 e. The molecular weight excluding hydrogens is 320 g/mol. The molecule has 3 N–H and O–H groups in total. The lowest BCUT2D eigenvalue weighted by Gasteiger charge is -2.25. The summed E-state index contributed by atoms with van der Waals surface area (Å²) >= 11 is 0. The molecule has 1 heterocycles. The molecule has 7 heteroatoms. The van der Waals surface area contributed by atoms with Crippen LogP contribution in [0.2, 0.25) is 0 Å². The first kappa shape index (κ1) is 18.9. The van der Waals surface area contributed by atoms with Crippen molar-refractivity contribution >= 4 is 6.03 Å².